The first kappa shape index (κ1) is 24.5. The Bertz CT molecular complexity index is 913. The average Bonchev–Trinajstić information content (AvgIpc) is 2.85. The van der Waals surface area contributed by atoms with Gasteiger partial charge in [-0.15, -0.1) is 0 Å². The summed E-state index contributed by atoms with van der Waals surface area (Å²) < 4.78 is 5.94. The van der Waals surface area contributed by atoms with E-state index in [4.69, 9.17) is 4.74 Å². The van der Waals surface area contributed by atoms with Crippen LogP contribution in [0.5, 0.6) is 0 Å². The van der Waals surface area contributed by atoms with Crippen molar-refractivity contribution in [2.24, 2.45) is 5.10 Å². The van der Waals surface area contributed by atoms with Crippen molar-refractivity contribution in [2.75, 3.05) is 40.1 Å². The second kappa shape index (κ2) is 13.4. The summed E-state index contributed by atoms with van der Waals surface area (Å²) in [6.07, 6.45) is 1.84. The van der Waals surface area contributed by atoms with Crippen molar-refractivity contribution in [2.45, 2.75) is 20.1 Å². The summed E-state index contributed by atoms with van der Waals surface area (Å²) in [6, 6.07) is 20.6. The lowest BCUT2D eigenvalue weighted by Gasteiger charge is -2.35. The molecule has 0 saturated heterocycles. The van der Waals surface area contributed by atoms with Crippen LogP contribution in [0, 0.1) is 0 Å². The van der Waals surface area contributed by atoms with Gasteiger partial charge in [0.05, 0.1) is 36.6 Å². The molecule has 1 aliphatic heterocycles. The number of benzene rings is 2. The van der Waals surface area contributed by atoms with E-state index in [0.717, 1.165) is 48.8 Å². The third kappa shape index (κ3) is 7.46. The van der Waals surface area contributed by atoms with Crippen molar-refractivity contribution in [1.82, 2.24) is 25.9 Å². The minimum absolute atomic E-state index is 0.331. The minimum Gasteiger partial charge on any atom is -0.385 e. The molecule has 0 aliphatic carbocycles. The van der Waals surface area contributed by atoms with Crippen molar-refractivity contribution in [3.63, 3.8) is 0 Å². The zero-order chi connectivity index (χ0) is 23.3. The minimum atomic E-state index is 0.331. The maximum atomic E-state index is 5.94. The number of nitrogens with one attached hydrogen (secondary N) is 3. The molecule has 0 bridgehead atoms. The summed E-state index contributed by atoms with van der Waals surface area (Å²) in [5.74, 6) is 0. The van der Waals surface area contributed by atoms with Gasteiger partial charge < -0.3 is 20.3 Å². The van der Waals surface area contributed by atoms with Crippen LogP contribution < -0.4 is 16.0 Å². The Morgan fingerprint density at radius 1 is 0.970 bits per heavy atom. The van der Waals surface area contributed by atoms with Gasteiger partial charge in [0.2, 0.25) is 0 Å². The second-order valence-electron chi connectivity index (χ2n) is 7.76. The fourth-order valence-corrected chi connectivity index (χ4v) is 3.59. The fraction of sp³-hybridized carbons (Fsp3) is 0.346. The molecule has 1 heterocycles. The summed E-state index contributed by atoms with van der Waals surface area (Å²) in [5.41, 5.74) is 5.11. The molecule has 2 aromatic carbocycles. The Balaban J connectivity index is 1.71. The Hall–Kier alpha value is -3.13. The topological polar surface area (TPSA) is 64.2 Å². The van der Waals surface area contributed by atoms with Crippen molar-refractivity contribution < 1.29 is 4.74 Å². The molecule has 0 aromatic heterocycles. The van der Waals surface area contributed by atoms with E-state index in [1.54, 1.807) is 0 Å². The van der Waals surface area contributed by atoms with Crippen LogP contribution in [-0.2, 0) is 17.9 Å². The third-order valence-electron chi connectivity index (χ3n) is 5.32. The highest BCUT2D eigenvalue weighted by atomic mass is 16.5. The highest BCUT2D eigenvalue weighted by Crippen LogP contribution is 2.25. The predicted octanol–water partition coefficient (Wildman–Crippen LogP) is 3.07. The summed E-state index contributed by atoms with van der Waals surface area (Å²) in [6.45, 7) is 11.6. The first-order valence-electron chi connectivity index (χ1n) is 11.5. The average molecular weight is 449 g/mol. The number of hydrazone groups is 1. The van der Waals surface area contributed by atoms with E-state index in [2.05, 4.69) is 75.9 Å². The van der Waals surface area contributed by atoms with Crippen LogP contribution in [0.3, 0.4) is 0 Å². The number of hydrogen-bond acceptors (Lipinski definition) is 7. The summed E-state index contributed by atoms with van der Waals surface area (Å²) >= 11 is 0. The smallest absolute Gasteiger partial charge is 0.140 e. The van der Waals surface area contributed by atoms with Gasteiger partial charge in [-0.05, 0) is 17.7 Å². The molecule has 0 unspecified atom stereocenters. The molecule has 0 amide bonds. The van der Waals surface area contributed by atoms with E-state index in [1.165, 1.54) is 5.56 Å². The SMILES string of the molecule is C=C1C(N(CNCCNCC)Cc2ccccc2)=C(NC)C=NN1COCc1ccccc1. The fourth-order valence-electron chi connectivity index (χ4n) is 3.59. The summed E-state index contributed by atoms with van der Waals surface area (Å²) in [5, 5.41) is 16.6. The molecule has 1 aliphatic rings. The largest absolute Gasteiger partial charge is 0.385 e. The molecule has 3 rings (SSSR count). The standard InChI is InChI=1S/C26H36N6O/c1-4-28-15-16-29-20-31(18-23-11-7-5-8-12-23)26-22(2)32(30-17-25(26)27-3)21-33-19-24-13-9-6-10-14-24/h5-14,17,27-29H,2,4,15-16,18-21H2,1,3H3. The number of likely N-dealkylation sites (N-methyl/N-ethyl adjacent to an activating group) is 1. The van der Waals surface area contributed by atoms with Crippen LogP contribution in [0.25, 0.3) is 0 Å². The maximum absolute atomic E-state index is 5.94. The van der Waals surface area contributed by atoms with Crippen LogP contribution in [-0.4, -0.2) is 56.2 Å². The monoisotopic (exact) mass is 448 g/mol. The van der Waals surface area contributed by atoms with Gasteiger partial charge in [-0.1, -0.05) is 74.2 Å². The van der Waals surface area contributed by atoms with Gasteiger partial charge in [-0.2, -0.15) is 5.10 Å². The van der Waals surface area contributed by atoms with Crippen LogP contribution in [0.2, 0.25) is 0 Å². The molecule has 7 nitrogen and oxygen atoms in total. The number of rotatable bonds is 14. The number of nitrogens with zero attached hydrogens (tertiary/aromatic N) is 3. The van der Waals surface area contributed by atoms with Gasteiger partial charge >= 0.3 is 0 Å². The molecule has 33 heavy (non-hydrogen) atoms. The van der Waals surface area contributed by atoms with Gasteiger partial charge in [-0.3, -0.25) is 5.32 Å². The molecule has 2 aromatic rings. The number of hydrogen-bond donors (Lipinski definition) is 3. The number of allylic oxidation sites excluding steroid dienone is 1. The normalized spacial score (nSPS) is 13.5. The molecule has 0 saturated carbocycles. The van der Waals surface area contributed by atoms with Crippen molar-refractivity contribution >= 4 is 6.21 Å². The van der Waals surface area contributed by atoms with E-state index in [9.17, 15) is 0 Å². The Morgan fingerprint density at radius 2 is 1.64 bits per heavy atom. The van der Waals surface area contributed by atoms with Crippen LogP contribution in [0.1, 0.15) is 18.1 Å². The second-order valence-corrected chi connectivity index (χ2v) is 7.76. The highest BCUT2D eigenvalue weighted by molar-refractivity contribution is 5.81. The van der Waals surface area contributed by atoms with Crippen molar-refractivity contribution in [3.05, 3.63) is 95.5 Å². The van der Waals surface area contributed by atoms with Crippen LogP contribution in [0.15, 0.2) is 89.4 Å². The van der Waals surface area contributed by atoms with E-state index in [0.29, 0.717) is 20.0 Å². The van der Waals surface area contributed by atoms with Crippen molar-refractivity contribution in [1.29, 1.82) is 0 Å². The molecule has 0 atom stereocenters. The summed E-state index contributed by atoms with van der Waals surface area (Å²) in [4.78, 5) is 2.30. The van der Waals surface area contributed by atoms with Gasteiger partial charge in [0.15, 0.2) is 0 Å². The van der Waals surface area contributed by atoms with E-state index < -0.39 is 0 Å². The quantitative estimate of drug-likeness (QED) is 0.305. The number of ether oxygens (including phenoxy) is 1. The van der Waals surface area contributed by atoms with Gasteiger partial charge in [0.1, 0.15) is 6.73 Å². The molecular formula is C26H36N6O. The van der Waals surface area contributed by atoms with Gasteiger partial charge in [0, 0.05) is 26.7 Å². The molecular weight excluding hydrogens is 412 g/mol. The lowest BCUT2D eigenvalue weighted by molar-refractivity contribution is 0.0364. The van der Waals surface area contributed by atoms with Crippen molar-refractivity contribution in [3.8, 4) is 0 Å². The van der Waals surface area contributed by atoms with Gasteiger partial charge in [-0.25, -0.2) is 5.01 Å². The van der Waals surface area contributed by atoms with Crippen LogP contribution >= 0.6 is 0 Å². The lowest BCUT2D eigenvalue weighted by atomic mass is 10.1. The van der Waals surface area contributed by atoms with E-state index in [1.807, 2.05) is 42.5 Å². The highest BCUT2D eigenvalue weighted by Gasteiger charge is 2.24. The molecule has 0 radical (unpaired) electrons. The van der Waals surface area contributed by atoms with Crippen LogP contribution in [0.4, 0.5) is 0 Å². The lowest BCUT2D eigenvalue weighted by Crippen LogP contribution is -2.41. The van der Waals surface area contributed by atoms with E-state index in [-0.39, 0.29) is 0 Å². The zero-order valence-electron chi connectivity index (χ0n) is 19.8. The first-order chi connectivity index (χ1) is 16.2. The zero-order valence-corrected chi connectivity index (χ0v) is 19.8. The third-order valence-corrected chi connectivity index (χ3v) is 5.32. The Morgan fingerprint density at radius 3 is 2.30 bits per heavy atom. The Labute approximate surface area is 197 Å². The Kier molecular flexibility index (Phi) is 9.97. The predicted molar refractivity (Wildman–Crippen MR) is 135 cm³/mol. The first-order valence-corrected chi connectivity index (χ1v) is 11.5. The molecule has 0 spiro atoms. The molecule has 7 heteroatoms. The maximum Gasteiger partial charge on any atom is 0.140 e. The molecule has 0 fully saturated rings. The molecule has 3 N–H and O–H groups in total. The molecule has 176 valence electrons. The summed E-state index contributed by atoms with van der Waals surface area (Å²) in [7, 11) is 1.91. The van der Waals surface area contributed by atoms with E-state index >= 15 is 0 Å². The van der Waals surface area contributed by atoms with Gasteiger partial charge in [0.25, 0.3) is 0 Å².